The lowest BCUT2D eigenvalue weighted by Crippen LogP contribution is -1.96. The Hall–Kier alpha value is -3.09. The summed E-state index contributed by atoms with van der Waals surface area (Å²) < 4.78 is 10.9. The average molecular weight is 428 g/mol. The number of methoxy groups -OCH3 is 1. The summed E-state index contributed by atoms with van der Waals surface area (Å²) in [5.74, 6) is 0.882. The van der Waals surface area contributed by atoms with E-state index < -0.39 is 0 Å². The number of hydrogen-bond donors (Lipinski definition) is 0. The molecule has 3 aromatic carbocycles. The minimum absolute atomic E-state index is 0.672. The van der Waals surface area contributed by atoms with Crippen LogP contribution in [-0.4, -0.2) is 13.7 Å². The van der Waals surface area contributed by atoms with E-state index >= 15 is 0 Å². The molecule has 0 aromatic heterocycles. The van der Waals surface area contributed by atoms with Crippen LogP contribution < -0.4 is 4.74 Å². The van der Waals surface area contributed by atoms with Crippen LogP contribution >= 0.6 is 0 Å². The van der Waals surface area contributed by atoms with Crippen molar-refractivity contribution in [3.63, 3.8) is 0 Å². The maximum absolute atomic E-state index is 9.28. The van der Waals surface area contributed by atoms with Crippen LogP contribution in [0.1, 0.15) is 55.2 Å². The first kappa shape index (κ1) is 23.6. The van der Waals surface area contributed by atoms with Crippen molar-refractivity contribution in [3.8, 4) is 22.9 Å². The summed E-state index contributed by atoms with van der Waals surface area (Å²) in [7, 11) is 1.68. The highest BCUT2D eigenvalue weighted by atomic mass is 16.5. The molecule has 3 aromatic rings. The number of rotatable bonds is 13. The smallest absolute Gasteiger partial charge is 0.118 e. The monoisotopic (exact) mass is 427 g/mol. The van der Waals surface area contributed by atoms with Crippen LogP contribution in [0.5, 0.6) is 5.75 Å². The Balaban J connectivity index is 1.23. The number of aryl methyl sites for hydroxylation is 1. The summed E-state index contributed by atoms with van der Waals surface area (Å²) >= 11 is 0. The minimum atomic E-state index is 0.672. The van der Waals surface area contributed by atoms with Crippen LogP contribution in [0.2, 0.25) is 0 Å². The van der Waals surface area contributed by atoms with Crippen molar-refractivity contribution in [1.82, 2.24) is 0 Å². The maximum Gasteiger partial charge on any atom is 0.118 e. The molecular formula is C29H33NO2. The third kappa shape index (κ3) is 7.55. The van der Waals surface area contributed by atoms with E-state index in [2.05, 4.69) is 42.5 Å². The van der Waals surface area contributed by atoms with E-state index in [-0.39, 0.29) is 0 Å². The zero-order valence-corrected chi connectivity index (χ0v) is 19.1. The number of nitrogens with zero attached hydrogens (tertiary/aromatic N) is 1. The molecule has 0 aliphatic rings. The van der Waals surface area contributed by atoms with Gasteiger partial charge < -0.3 is 9.47 Å². The molecule has 0 heterocycles. The first-order chi connectivity index (χ1) is 15.8. The van der Waals surface area contributed by atoms with Crippen LogP contribution in [0.3, 0.4) is 0 Å². The first-order valence-corrected chi connectivity index (χ1v) is 11.6. The molecule has 0 unspecified atom stereocenters. The Bertz CT molecular complexity index is 971. The molecule has 0 saturated carbocycles. The Labute approximate surface area is 192 Å². The van der Waals surface area contributed by atoms with Crippen LogP contribution in [0.4, 0.5) is 0 Å². The van der Waals surface area contributed by atoms with Gasteiger partial charge in [-0.2, -0.15) is 5.26 Å². The van der Waals surface area contributed by atoms with E-state index in [4.69, 9.17) is 9.47 Å². The van der Waals surface area contributed by atoms with Crippen LogP contribution in [0.15, 0.2) is 72.8 Å². The molecule has 0 N–H and O–H groups in total. The third-order valence-electron chi connectivity index (χ3n) is 5.74. The summed E-state index contributed by atoms with van der Waals surface area (Å²) in [6.45, 7) is 1.50. The van der Waals surface area contributed by atoms with E-state index in [0.717, 1.165) is 41.9 Å². The van der Waals surface area contributed by atoms with Gasteiger partial charge in [-0.15, -0.1) is 0 Å². The molecule has 166 valence electrons. The van der Waals surface area contributed by atoms with Gasteiger partial charge >= 0.3 is 0 Å². The van der Waals surface area contributed by atoms with E-state index in [1.54, 1.807) is 7.11 Å². The van der Waals surface area contributed by atoms with Gasteiger partial charge in [0.05, 0.1) is 25.3 Å². The van der Waals surface area contributed by atoms with Crippen molar-refractivity contribution >= 4 is 0 Å². The number of ether oxygens (including phenoxy) is 2. The number of unbranched alkanes of at least 4 members (excludes halogenated alkanes) is 5. The van der Waals surface area contributed by atoms with Crippen molar-refractivity contribution in [2.75, 3.05) is 13.7 Å². The molecule has 3 nitrogen and oxygen atoms in total. The zero-order valence-electron chi connectivity index (χ0n) is 19.1. The van der Waals surface area contributed by atoms with Crippen LogP contribution in [0.25, 0.3) is 11.1 Å². The standard InChI is InChI=1S/C29H33NO2/c1-31-28-19-15-25(16-20-28)23-32-21-9-5-3-2-4-6-10-24-13-17-26(18-14-24)29-12-8-7-11-27(29)22-30/h7-8,11-20H,2-6,9-10,21,23H2,1H3. The Morgan fingerprint density at radius 2 is 1.38 bits per heavy atom. The lowest BCUT2D eigenvalue weighted by atomic mass is 9.98. The molecule has 0 bridgehead atoms. The molecular weight excluding hydrogens is 394 g/mol. The Kier molecular flexibility index (Phi) is 9.83. The Morgan fingerprint density at radius 3 is 2.09 bits per heavy atom. The summed E-state index contributed by atoms with van der Waals surface area (Å²) in [4.78, 5) is 0. The fourth-order valence-electron chi connectivity index (χ4n) is 3.84. The minimum Gasteiger partial charge on any atom is -0.497 e. The average Bonchev–Trinajstić information content (AvgIpc) is 2.86. The Morgan fingerprint density at radius 1 is 0.719 bits per heavy atom. The van der Waals surface area contributed by atoms with E-state index in [9.17, 15) is 5.26 Å². The second kappa shape index (κ2) is 13.3. The lowest BCUT2D eigenvalue weighted by Gasteiger charge is -2.07. The number of hydrogen-bond acceptors (Lipinski definition) is 3. The van der Waals surface area contributed by atoms with Crippen molar-refractivity contribution in [2.45, 2.75) is 51.6 Å². The molecule has 32 heavy (non-hydrogen) atoms. The molecule has 0 amide bonds. The maximum atomic E-state index is 9.28. The van der Waals surface area contributed by atoms with Gasteiger partial charge in [-0.1, -0.05) is 80.3 Å². The molecule has 0 atom stereocenters. The van der Waals surface area contributed by atoms with E-state index in [1.807, 2.05) is 36.4 Å². The second-order valence-electron chi connectivity index (χ2n) is 8.13. The van der Waals surface area contributed by atoms with Crippen molar-refractivity contribution < 1.29 is 9.47 Å². The molecule has 0 aliphatic carbocycles. The highest BCUT2D eigenvalue weighted by Crippen LogP contribution is 2.24. The predicted molar refractivity (Wildman–Crippen MR) is 131 cm³/mol. The van der Waals surface area contributed by atoms with Crippen molar-refractivity contribution in [2.24, 2.45) is 0 Å². The molecule has 3 heteroatoms. The van der Waals surface area contributed by atoms with Crippen LogP contribution in [-0.2, 0) is 17.8 Å². The van der Waals surface area contributed by atoms with Crippen molar-refractivity contribution in [3.05, 3.63) is 89.5 Å². The molecule has 0 aliphatic heterocycles. The van der Waals surface area contributed by atoms with E-state index in [0.29, 0.717) is 6.61 Å². The molecule has 0 radical (unpaired) electrons. The van der Waals surface area contributed by atoms with Crippen LogP contribution in [0, 0.1) is 11.3 Å². The van der Waals surface area contributed by atoms with Gasteiger partial charge in [0, 0.05) is 6.61 Å². The molecule has 0 fully saturated rings. The predicted octanol–water partition coefficient (Wildman–Crippen LogP) is 7.33. The fourth-order valence-corrected chi connectivity index (χ4v) is 3.84. The van der Waals surface area contributed by atoms with Gasteiger partial charge in [0.15, 0.2) is 0 Å². The molecule has 3 rings (SSSR count). The fraction of sp³-hybridized carbons (Fsp3) is 0.345. The van der Waals surface area contributed by atoms with Gasteiger partial charge in [-0.05, 0) is 59.7 Å². The van der Waals surface area contributed by atoms with Gasteiger partial charge in [0.2, 0.25) is 0 Å². The molecule has 0 spiro atoms. The summed E-state index contributed by atoms with van der Waals surface area (Å²) in [5.41, 5.74) is 5.41. The number of nitriles is 1. The second-order valence-corrected chi connectivity index (χ2v) is 8.13. The highest BCUT2D eigenvalue weighted by Gasteiger charge is 2.04. The van der Waals surface area contributed by atoms with Gasteiger partial charge in [-0.3, -0.25) is 0 Å². The third-order valence-corrected chi connectivity index (χ3v) is 5.74. The topological polar surface area (TPSA) is 42.2 Å². The summed E-state index contributed by atoms with van der Waals surface area (Å²) in [6, 6.07) is 26.8. The van der Waals surface area contributed by atoms with Gasteiger partial charge in [0.25, 0.3) is 0 Å². The van der Waals surface area contributed by atoms with Crippen molar-refractivity contribution in [1.29, 1.82) is 5.26 Å². The summed E-state index contributed by atoms with van der Waals surface area (Å²) in [6.07, 6.45) is 8.53. The van der Waals surface area contributed by atoms with Gasteiger partial charge in [-0.25, -0.2) is 0 Å². The molecule has 0 saturated heterocycles. The SMILES string of the molecule is COc1ccc(COCCCCCCCCc2ccc(-c3ccccc3C#N)cc2)cc1. The van der Waals surface area contributed by atoms with E-state index in [1.165, 1.54) is 43.2 Å². The zero-order chi connectivity index (χ0) is 22.4. The quantitative estimate of drug-likeness (QED) is 0.268. The lowest BCUT2D eigenvalue weighted by molar-refractivity contribution is 0.116. The van der Waals surface area contributed by atoms with Gasteiger partial charge in [0.1, 0.15) is 5.75 Å². The first-order valence-electron chi connectivity index (χ1n) is 11.6. The highest BCUT2D eigenvalue weighted by molar-refractivity contribution is 5.70. The number of benzene rings is 3. The largest absolute Gasteiger partial charge is 0.497 e. The summed E-state index contributed by atoms with van der Waals surface area (Å²) in [5, 5.41) is 9.28. The normalized spacial score (nSPS) is 10.6.